The molecule has 6 nitrogen and oxygen atoms in total. The van der Waals surface area contributed by atoms with Crippen LogP contribution < -0.4 is 0 Å². The second kappa shape index (κ2) is 14.8. The Bertz CT molecular complexity index is 1610. The second-order valence-electron chi connectivity index (χ2n) is 8.40. The Balaban J connectivity index is 0.000000184. The van der Waals surface area contributed by atoms with Crippen molar-refractivity contribution in [3.63, 3.8) is 0 Å². The van der Waals surface area contributed by atoms with E-state index in [9.17, 15) is 10.2 Å². The first-order valence-electron chi connectivity index (χ1n) is 12.3. The first kappa shape index (κ1) is 29.6. The van der Waals surface area contributed by atoms with Crippen LogP contribution in [0.25, 0.3) is 22.5 Å². The molecule has 0 atom stereocenters. The van der Waals surface area contributed by atoms with E-state index in [1.54, 1.807) is 36.7 Å². The molecule has 0 aliphatic carbocycles. The Morgan fingerprint density at radius 1 is 0.512 bits per heavy atom. The molecule has 0 saturated heterocycles. The van der Waals surface area contributed by atoms with Crippen molar-refractivity contribution in [1.82, 2.24) is 9.97 Å². The minimum Gasteiger partial charge on any atom is -0.507 e. The van der Waals surface area contributed by atoms with Crippen LogP contribution in [0, 0.1) is 0 Å². The van der Waals surface area contributed by atoms with Crippen LogP contribution in [0.1, 0.15) is 11.1 Å². The van der Waals surface area contributed by atoms with E-state index in [1.807, 2.05) is 95.7 Å². The molecule has 0 aliphatic heterocycles. The average molecular weight is 620 g/mol. The zero-order chi connectivity index (χ0) is 27.6. The number of aromatic nitrogens is 2. The SMILES string of the molecule is Oc1ccccc1C=Nc1nc(-c2ccccc2)cs1.Oc1ccccc1C=Nc1nc(-c2ccccc2)cs1.[Co]. The molecule has 2 heterocycles. The summed E-state index contributed by atoms with van der Waals surface area (Å²) in [6.07, 6.45) is 3.26. The monoisotopic (exact) mass is 619 g/mol. The molecule has 1 radical (unpaired) electrons. The van der Waals surface area contributed by atoms with Crippen molar-refractivity contribution in [3.8, 4) is 34.0 Å². The van der Waals surface area contributed by atoms with E-state index in [0.717, 1.165) is 22.5 Å². The molecule has 4 aromatic carbocycles. The van der Waals surface area contributed by atoms with Crippen LogP contribution in [-0.4, -0.2) is 32.6 Å². The van der Waals surface area contributed by atoms with Gasteiger partial charge in [-0.2, -0.15) is 0 Å². The van der Waals surface area contributed by atoms with Gasteiger partial charge in [0.2, 0.25) is 10.3 Å². The third kappa shape index (κ3) is 8.29. The third-order valence-corrected chi connectivity index (χ3v) is 7.12. The first-order chi connectivity index (χ1) is 19.7. The predicted molar refractivity (Wildman–Crippen MR) is 166 cm³/mol. The predicted octanol–water partition coefficient (Wildman–Crippen LogP) is 8.53. The molecule has 0 saturated carbocycles. The maximum absolute atomic E-state index is 9.66. The number of nitrogens with zero attached hydrogens (tertiary/aromatic N) is 4. The third-order valence-electron chi connectivity index (χ3n) is 5.62. The van der Waals surface area contributed by atoms with Crippen LogP contribution in [0.15, 0.2) is 130 Å². The first-order valence-corrected chi connectivity index (χ1v) is 14.1. The summed E-state index contributed by atoms with van der Waals surface area (Å²) in [7, 11) is 0. The molecular formula is C32H24CoN4O2S2. The fourth-order valence-corrected chi connectivity index (χ4v) is 4.91. The van der Waals surface area contributed by atoms with Gasteiger partial charge in [0.1, 0.15) is 11.5 Å². The average Bonchev–Trinajstić information content (AvgIpc) is 3.68. The maximum atomic E-state index is 9.66. The van der Waals surface area contributed by atoms with E-state index in [1.165, 1.54) is 22.7 Å². The van der Waals surface area contributed by atoms with Crippen LogP contribution in [-0.2, 0) is 16.8 Å². The number of hydrogen-bond donors (Lipinski definition) is 2. The number of para-hydroxylation sites is 2. The van der Waals surface area contributed by atoms with Gasteiger partial charge in [0.25, 0.3) is 0 Å². The quantitative estimate of drug-likeness (QED) is 0.183. The van der Waals surface area contributed by atoms with E-state index in [2.05, 4.69) is 20.0 Å². The van der Waals surface area contributed by atoms with E-state index in [0.29, 0.717) is 21.4 Å². The number of aliphatic imine (C=N–C) groups is 2. The Kier molecular flexibility index (Phi) is 10.7. The van der Waals surface area contributed by atoms with Crippen molar-refractivity contribution in [1.29, 1.82) is 0 Å². The number of aromatic hydroxyl groups is 2. The van der Waals surface area contributed by atoms with Crippen molar-refractivity contribution < 1.29 is 27.0 Å². The summed E-state index contributed by atoms with van der Waals surface area (Å²) in [5.41, 5.74) is 5.36. The van der Waals surface area contributed by atoms with Crippen LogP contribution in [0.2, 0.25) is 0 Å². The largest absolute Gasteiger partial charge is 0.507 e. The van der Waals surface area contributed by atoms with Gasteiger partial charge in [-0.25, -0.2) is 20.0 Å². The van der Waals surface area contributed by atoms with E-state index >= 15 is 0 Å². The van der Waals surface area contributed by atoms with Gasteiger partial charge in [0.15, 0.2) is 0 Å². The summed E-state index contributed by atoms with van der Waals surface area (Å²) in [5.74, 6) is 0.437. The Labute approximate surface area is 256 Å². The number of phenolic OH excluding ortho intramolecular Hbond substituents is 2. The Morgan fingerprint density at radius 3 is 1.27 bits per heavy atom. The van der Waals surface area contributed by atoms with Gasteiger partial charge in [-0.3, -0.25) is 0 Å². The number of benzene rings is 4. The number of rotatable bonds is 6. The van der Waals surface area contributed by atoms with Gasteiger partial charge in [-0.15, -0.1) is 22.7 Å². The van der Waals surface area contributed by atoms with E-state index < -0.39 is 0 Å². The fourth-order valence-electron chi connectivity index (χ4n) is 3.57. The van der Waals surface area contributed by atoms with Gasteiger partial charge in [0, 0.05) is 62.2 Å². The summed E-state index contributed by atoms with van der Waals surface area (Å²) in [4.78, 5) is 17.5. The van der Waals surface area contributed by atoms with Crippen LogP contribution in [0.4, 0.5) is 10.3 Å². The fraction of sp³-hybridized carbons (Fsp3) is 0. The molecule has 0 amide bonds. The second-order valence-corrected chi connectivity index (χ2v) is 10.1. The summed E-state index contributed by atoms with van der Waals surface area (Å²) < 4.78 is 0. The molecule has 0 aliphatic rings. The topological polar surface area (TPSA) is 91.0 Å². The summed E-state index contributed by atoms with van der Waals surface area (Å²) in [5, 5.41) is 24.6. The van der Waals surface area contributed by atoms with Gasteiger partial charge in [0.05, 0.1) is 11.4 Å². The number of hydrogen-bond acceptors (Lipinski definition) is 8. The van der Waals surface area contributed by atoms with Crippen molar-refractivity contribution >= 4 is 45.4 Å². The summed E-state index contributed by atoms with van der Waals surface area (Å²) >= 11 is 2.96. The number of phenols is 2. The maximum Gasteiger partial charge on any atom is 0.209 e. The smallest absolute Gasteiger partial charge is 0.209 e. The molecule has 0 spiro atoms. The summed E-state index contributed by atoms with van der Waals surface area (Å²) in [6.45, 7) is 0. The molecule has 6 aromatic rings. The van der Waals surface area contributed by atoms with Gasteiger partial charge in [-0.1, -0.05) is 84.9 Å². The van der Waals surface area contributed by atoms with Crippen molar-refractivity contribution in [2.75, 3.05) is 0 Å². The van der Waals surface area contributed by atoms with E-state index in [4.69, 9.17) is 0 Å². The van der Waals surface area contributed by atoms with Crippen LogP contribution in [0.3, 0.4) is 0 Å². The molecule has 205 valence electrons. The van der Waals surface area contributed by atoms with Gasteiger partial charge >= 0.3 is 0 Å². The van der Waals surface area contributed by atoms with Crippen molar-refractivity contribution in [3.05, 3.63) is 131 Å². The molecule has 6 rings (SSSR count). The molecule has 0 fully saturated rings. The molecule has 2 N–H and O–H groups in total. The summed E-state index contributed by atoms with van der Waals surface area (Å²) in [6, 6.07) is 34.2. The minimum absolute atomic E-state index is 0. The molecule has 9 heteroatoms. The normalized spacial score (nSPS) is 10.7. The molecule has 2 aromatic heterocycles. The Hall–Kier alpha value is -4.41. The Morgan fingerprint density at radius 2 is 0.878 bits per heavy atom. The number of thiazole rings is 2. The molecule has 0 bridgehead atoms. The minimum atomic E-state index is 0. The van der Waals surface area contributed by atoms with E-state index in [-0.39, 0.29) is 28.3 Å². The van der Waals surface area contributed by atoms with Crippen LogP contribution in [0.5, 0.6) is 11.5 Å². The standard InChI is InChI=1S/2C16H12N2OS.Co/c2*19-15-9-5-4-8-13(15)10-17-16-18-14(11-20-16)12-6-2-1-3-7-12;/h2*1-11,19H;. The van der Waals surface area contributed by atoms with Crippen LogP contribution >= 0.6 is 22.7 Å². The van der Waals surface area contributed by atoms with Crippen molar-refractivity contribution in [2.24, 2.45) is 9.98 Å². The zero-order valence-corrected chi connectivity index (χ0v) is 24.2. The molecule has 0 unspecified atom stereocenters. The zero-order valence-electron chi connectivity index (χ0n) is 21.5. The molecule has 41 heavy (non-hydrogen) atoms. The van der Waals surface area contributed by atoms with Gasteiger partial charge < -0.3 is 10.2 Å². The van der Waals surface area contributed by atoms with Crippen molar-refractivity contribution in [2.45, 2.75) is 0 Å². The molecular weight excluding hydrogens is 595 g/mol. The van der Waals surface area contributed by atoms with Gasteiger partial charge in [-0.05, 0) is 24.3 Å².